The van der Waals surface area contributed by atoms with Crippen molar-refractivity contribution in [1.29, 1.82) is 0 Å². The molecule has 1 atom stereocenters. The van der Waals surface area contributed by atoms with Gasteiger partial charge in [-0.25, -0.2) is 0 Å². The third-order valence-electron chi connectivity index (χ3n) is 1.87. The minimum Gasteiger partial charge on any atom is -0.314 e. The van der Waals surface area contributed by atoms with Crippen LogP contribution in [0.4, 0.5) is 0 Å². The Balaban J connectivity index is 3.67. The van der Waals surface area contributed by atoms with E-state index in [1.165, 1.54) is 18.4 Å². The topological polar surface area (TPSA) is 12.0 Å². The van der Waals surface area contributed by atoms with Crippen molar-refractivity contribution in [3.8, 4) is 0 Å². The van der Waals surface area contributed by atoms with Crippen molar-refractivity contribution in [1.82, 2.24) is 5.32 Å². The average Bonchev–Trinajstić information content (AvgIpc) is 1.98. The number of hydrogen-bond donors (Lipinski definition) is 1. The minimum atomic E-state index is 0.534. The summed E-state index contributed by atoms with van der Waals surface area (Å²) in [4.78, 5) is 0. The van der Waals surface area contributed by atoms with Crippen molar-refractivity contribution in [3.05, 3.63) is 11.6 Å². The molecule has 0 aromatic carbocycles. The second-order valence-corrected chi connectivity index (χ2v) is 2.75. The van der Waals surface area contributed by atoms with Crippen LogP contribution in [0.2, 0.25) is 0 Å². The van der Waals surface area contributed by atoms with E-state index in [4.69, 9.17) is 0 Å². The lowest BCUT2D eigenvalue weighted by Crippen LogP contribution is -2.22. The maximum Gasteiger partial charge on any atom is 0.0245 e. The molecule has 0 fully saturated rings. The number of likely N-dealkylation sites (N-methyl/N-ethyl adjacent to an activating group) is 1. The summed E-state index contributed by atoms with van der Waals surface area (Å²) < 4.78 is 0. The van der Waals surface area contributed by atoms with E-state index < -0.39 is 0 Å². The molecule has 0 saturated heterocycles. The highest BCUT2D eigenvalue weighted by Gasteiger charge is 1.97. The molecule has 0 aromatic rings. The summed E-state index contributed by atoms with van der Waals surface area (Å²) in [6.07, 6.45) is 4.76. The summed E-state index contributed by atoms with van der Waals surface area (Å²) in [5, 5.41) is 3.21. The molecule has 0 bridgehead atoms. The largest absolute Gasteiger partial charge is 0.314 e. The molecular formula is C9H19N. The number of hydrogen-bond acceptors (Lipinski definition) is 1. The molecule has 0 aliphatic carbocycles. The van der Waals surface area contributed by atoms with Crippen molar-refractivity contribution < 1.29 is 0 Å². The van der Waals surface area contributed by atoms with Crippen molar-refractivity contribution >= 4 is 0 Å². The first-order chi connectivity index (χ1) is 4.72. The number of rotatable bonds is 4. The zero-order valence-corrected chi connectivity index (χ0v) is 7.57. The van der Waals surface area contributed by atoms with Crippen molar-refractivity contribution in [2.75, 3.05) is 7.05 Å². The standard InChI is InChI=1S/C9H19N/c1-5-6-7-8(2)9(3)10-4/h7,9-10H,5-6H2,1-4H3. The van der Waals surface area contributed by atoms with Crippen LogP contribution in [-0.2, 0) is 0 Å². The van der Waals surface area contributed by atoms with Crippen LogP contribution in [-0.4, -0.2) is 13.1 Å². The Hall–Kier alpha value is -0.300. The molecule has 0 spiro atoms. The van der Waals surface area contributed by atoms with E-state index in [1.807, 2.05) is 7.05 Å². The molecule has 0 aliphatic heterocycles. The van der Waals surface area contributed by atoms with Crippen LogP contribution < -0.4 is 5.32 Å². The first-order valence-electron chi connectivity index (χ1n) is 4.06. The van der Waals surface area contributed by atoms with Gasteiger partial charge in [-0.2, -0.15) is 0 Å². The first-order valence-corrected chi connectivity index (χ1v) is 4.06. The summed E-state index contributed by atoms with van der Waals surface area (Å²) in [6.45, 7) is 6.56. The first kappa shape index (κ1) is 9.70. The summed E-state index contributed by atoms with van der Waals surface area (Å²) in [6, 6.07) is 0.534. The van der Waals surface area contributed by atoms with Crippen LogP contribution in [0.25, 0.3) is 0 Å². The molecule has 1 heteroatoms. The van der Waals surface area contributed by atoms with Gasteiger partial charge in [0.25, 0.3) is 0 Å². The molecule has 0 amide bonds. The quantitative estimate of drug-likeness (QED) is 0.592. The highest BCUT2D eigenvalue weighted by molar-refractivity contribution is 5.05. The number of unbranched alkanes of at least 4 members (excludes halogenated alkanes) is 1. The van der Waals surface area contributed by atoms with Gasteiger partial charge in [-0.1, -0.05) is 25.0 Å². The van der Waals surface area contributed by atoms with E-state index in [0.29, 0.717) is 6.04 Å². The maximum absolute atomic E-state index is 3.21. The molecule has 0 rings (SSSR count). The zero-order chi connectivity index (χ0) is 7.98. The maximum atomic E-state index is 3.21. The highest BCUT2D eigenvalue weighted by Crippen LogP contribution is 2.02. The Bertz CT molecular complexity index is 105. The van der Waals surface area contributed by atoms with Crippen LogP contribution in [0, 0.1) is 0 Å². The summed E-state index contributed by atoms with van der Waals surface area (Å²) >= 11 is 0. The predicted molar refractivity (Wildman–Crippen MR) is 47.2 cm³/mol. The van der Waals surface area contributed by atoms with Gasteiger partial charge in [0.1, 0.15) is 0 Å². The van der Waals surface area contributed by atoms with Gasteiger partial charge in [0, 0.05) is 6.04 Å². The fourth-order valence-electron chi connectivity index (χ4n) is 0.776. The van der Waals surface area contributed by atoms with E-state index >= 15 is 0 Å². The Morgan fingerprint density at radius 2 is 2.20 bits per heavy atom. The SMILES string of the molecule is CCCC=C(C)C(C)NC. The Morgan fingerprint density at radius 3 is 2.60 bits per heavy atom. The van der Waals surface area contributed by atoms with Gasteiger partial charge in [-0.05, 0) is 27.3 Å². The van der Waals surface area contributed by atoms with Gasteiger partial charge >= 0.3 is 0 Å². The normalized spacial score (nSPS) is 15.4. The van der Waals surface area contributed by atoms with Gasteiger partial charge in [0.15, 0.2) is 0 Å². The van der Waals surface area contributed by atoms with Gasteiger partial charge in [-0.3, -0.25) is 0 Å². The summed E-state index contributed by atoms with van der Waals surface area (Å²) in [7, 11) is 1.99. The molecule has 0 aliphatic rings. The van der Waals surface area contributed by atoms with E-state index in [2.05, 4.69) is 32.2 Å². The van der Waals surface area contributed by atoms with Crippen molar-refractivity contribution in [2.24, 2.45) is 0 Å². The van der Waals surface area contributed by atoms with Crippen LogP contribution in [0.15, 0.2) is 11.6 Å². The Kier molecular flexibility index (Phi) is 5.32. The fourth-order valence-corrected chi connectivity index (χ4v) is 0.776. The lowest BCUT2D eigenvalue weighted by Gasteiger charge is -2.09. The molecule has 1 N–H and O–H groups in total. The Labute approximate surface area is 64.5 Å². The molecule has 0 aromatic heterocycles. The molecule has 0 heterocycles. The molecule has 1 unspecified atom stereocenters. The van der Waals surface area contributed by atoms with Crippen LogP contribution >= 0.6 is 0 Å². The molecule has 60 valence electrons. The highest BCUT2D eigenvalue weighted by atomic mass is 14.8. The van der Waals surface area contributed by atoms with Crippen LogP contribution in [0.5, 0.6) is 0 Å². The fraction of sp³-hybridized carbons (Fsp3) is 0.778. The van der Waals surface area contributed by atoms with Crippen molar-refractivity contribution in [2.45, 2.75) is 39.7 Å². The summed E-state index contributed by atoms with van der Waals surface area (Å²) in [5.74, 6) is 0. The monoisotopic (exact) mass is 141 g/mol. The molecule has 10 heavy (non-hydrogen) atoms. The lowest BCUT2D eigenvalue weighted by atomic mass is 10.1. The van der Waals surface area contributed by atoms with Crippen molar-refractivity contribution in [3.63, 3.8) is 0 Å². The minimum absolute atomic E-state index is 0.534. The van der Waals surface area contributed by atoms with Gasteiger partial charge in [-0.15, -0.1) is 0 Å². The molecule has 1 nitrogen and oxygen atoms in total. The van der Waals surface area contributed by atoms with Gasteiger partial charge in [0.2, 0.25) is 0 Å². The lowest BCUT2D eigenvalue weighted by molar-refractivity contribution is 0.687. The summed E-state index contributed by atoms with van der Waals surface area (Å²) in [5.41, 5.74) is 1.45. The van der Waals surface area contributed by atoms with E-state index in [0.717, 1.165) is 0 Å². The smallest absolute Gasteiger partial charge is 0.0245 e. The second kappa shape index (κ2) is 5.48. The molecular weight excluding hydrogens is 122 g/mol. The third kappa shape index (κ3) is 3.67. The number of nitrogens with one attached hydrogen (secondary N) is 1. The average molecular weight is 141 g/mol. The van der Waals surface area contributed by atoms with Gasteiger partial charge < -0.3 is 5.32 Å². The second-order valence-electron chi connectivity index (χ2n) is 2.75. The van der Waals surface area contributed by atoms with E-state index in [9.17, 15) is 0 Å². The van der Waals surface area contributed by atoms with E-state index in [1.54, 1.807) is 0 Å². The third-order valence-corrected chi connectivity index (χ3v) is 1.87. The van der Waals surface area contributed by atoms with E-state index in [-0.39, 0.29) is 0 Å². The predicted octanol–water partition coefficient (Wildman–Crippen LogP) is 2.34. The van der Waals surface area contributed by atoms with Crippen LogP contribution in [0.1, 0.15) is 33.6 Å². The molecule has 0 saturated carbocycles. The zero-order valence-electron chi connectivity index (χ0n) is 7.57. The molecule has 0 radical (unpaired) electrons. The van der Waals surface area contributed by atoms with Gasteiger partial charge in [0.05, 0.1) is 0 Å². The Morgan fingerprint density at radius 1 is 1.60 bits per heavy atom. The number of allylic oxidation sites excluding steroid dienone is 1. The van der Waals surface area contributed by atoms with Crippen LogP contribution in [0.3, 0.4) is 0 Å².